The molecule has 1 amide bonds. The number of pyridine rings is 1. The van der Waals surface area contributed by atoms with Gasteiger partial charge >= 0.3 is 0 Å². The molecule has 1 aliphatic rings. The number of nitrogens with zero attached hydrogens (tertiary/aromatic N) is 4. The van der Waals surface area contributed by atoms with Crippen LogP contribution in [0.3, 0.4) is 0 Å². The summed E-state index contributed by atoms with van der Waals surface area (Å²) in [6.07, 6.45) is 7.67. The molecule has 25 heavy (non-hydrogen) atoms. The lowest BCUT2D eigenvalue weighted by Gasteiger charge is -2.21. The van der Waals surface area contributed by atoms with Crippen LogP contribution in [0.5, 0.6) is 5.75 Å². The minimum Gasteiger partial charge on any atom is -0.485 e. The monoisotopic (exact) mass is 339 g/mol. The molecule has 1 saturated carbocycles. The predicted molar refractivity (Wildman–Crippen MR) is 91.1 cm³/mol. The van der Waals surface area contributed by atoms with Crippen LogP contribution in [0, 0.1) is 18.3 Å². The Morgan fingerprint density at radius 3 is 3.00 bits per heavy atom. The summed E-state index contributed by atoms with van der Waals surface area (Å²) in [5.74, 6) is 0.493. The topological polar surface area (TPSA) is 92.8 Å². The minimum atomic E-state index is -0.230. The molecule has 3 rings (SSSR count). The summed E-state index contributed by atoms with van der Waals surface area (Å²) in [6.45, 7) is 4.59. The van der Waals surface area contributed by atoms with E-state index in [1.54, 1.807) is 19.2 Å². The van der Waals surface area contributed by atoms with E-state index in [0.29, 0.717) is 16.8 Å². The number of nitrogens with one attached hydrogen (secondary N) is 1. The quantitative estimate of drug-likeness (QED) is 0.901. The zero-order chi connectivity index (χ0) is 17.8. The molecule has 0 saturated heterocycles. The molecule has 7 nitrogen and oxygen atoms in total. The molecule has 0 aromatic carbocycles. The van der Waals surface area contributed by atoms with Gasteiger partial charge in [-0.1, -0.05) is 0 Å². The predicted octanol–water partition coefficient (Wildman–Crippen LogP) is 2.21. The van der Waals surface area contributed by atoms with Gasteiger partial charge in [0.1, 0.15) is 17.9 Å². The van der Waals surface area contributed by atoms with Crippen LogP contribution >= 0.6 is 0 Å². The summed E-state index contributed by atoms with van der Waals surface area (Å²) in [5.41, 5.74) is 1.49. The number of carbonyl (C=O) groups is 1. The second kappa shape index (κ2) is 7.34. The zero-order valence-corrected chi connectivity index (χ0v) is 14.4. The third-order valence-corrected chi connectivity index (χ3v) is 4.41. The van der Waals surface area contributed by atoms with E-state index in [2.05, 4.69) is 15.4 Å². The van der Waals surface area contributed by atoms with Crippen molar-refractivity contribution >= 4 is 5.91 Å². The van der Waals surface area contributed by atoms with Crippen molar-refractivity contribution in [3.05, 3.63) is 41.5 Å². The van der Waals surface area contributed by atoms with Gasteiger partial charge in [0, 0.05) is 12.7 Å². The largest absolute Gasteiger partial charge is 0.485 e. The zero-order valence-electron chi connectivity index (χ0n) is 14.4. The number of rotatable bonds is 5. The molecule has 130 valence electrons. The first-order chi connectivity index (χ1) is 12.1. The number of ether oxygens (including phenoxy) is 1. The molecule has 2 aromatic heterocycles. The lowest BCUT2D eigenvalue weighted by Crippen LogP contribution is -2.42. The third-order valence-electron chi connectivity index (χ3n) is 4.41. The number of hydrogen-bond donors (Lipinski definition) is 1. The van der Waals surface area contributed by atoms with Crippen LogP contribution in [0.2, 0.25) is 0 Å². The fourth-order valence-electron chi connectivity index (χ4n) is 3.10. The number of nitriles is 1. The van der Waals surface area contributed by atoms with Crippen molar-refractivity contribution in [2.45, 2.75) is 51.8 Å². The fourth-order valence-corrected chi connectivity index (χ4v) is 3.10. The summed E-state index contributed by atoms with van der Waals surface area (Å²) in [5, 5.41) is 16.1. The second-order valence-corrected chi connectivity index (χ2v) is 6.20. The minimum absolute atomic E-state index is 0.0608. The first kappa shape index (κ1) is 17.0. The van der Waals surface area contributed by atoms with E-state index in [-0.39, 0.29) is 18.1 Å². The first-order valence-electron chi connectivity index (χ1n) is 8.47. The molecule has 0 bridgehead atoms. The van der Waals surface area contributed by atoms with E-state index in [9.17, 15) is 4.79 Å². The molecule has 0 radical (unpaired) electrons. The summed E-state index contributed by atoms with van der Waals surface area (Å²) >= 11 is 0. The van der Waals surface area contributed by atoms with Crippen molar-refractivity contribution < 1.29 is 9.53 Å². The van der Waals surface area contributed by atoms with Crippen molar-refractivity contribution in [2.24, 2.45) is 0 Å². The third kappa shape index (κ3) is 3.79. The maximum atomic E-state index is 12.5. The highest BCUT2D eigenvalue weighted by Crippen LogP contribution is 2.25. The maximum Gasteiger partial charge on any atom is 0.270 e. The average Bonchev–Trinajstić information content (AvgIpc) is 3.24. The number of aromatic nitrogens is 3. The standard InChI is InChI=1S/C18H21N5O2/c1-3-23-11-14(10-21-23)25-16-6-4-5-15(16)22-18(24)17-12(2)7-13(8-19)9-20-17/h7,9-11,15-16H,3-6H2,1-2H3,(H,22,24)/t15-,16+/m0/s1. The summed E-state index contributed by atoms with van der Waals surface area (Å²) in [7, 11) is 0. The Labute approximate surface area is 146 Å². The molecular formula is C18H21N5O2. The van der Waals surface area contributed by atoms with Gasteiger partial charge in [0.2, 0.25) is 0 Å². The molecule has 0 aliphatic heterocycles. The van der Waals surface area contributed by atoms with Gasteiger partial charge in [-0.15, -0.1) is 0 Å². The molecule has 1 N–H and O–H groups in total. The highest BCUT2D eigenvalue weighted by atomic mass is 16.5. The average molecular weight is 339 g/mol. The molecule has 1 fully saturated rings. The van der Waals surface area contributed by atoms with Gasteiger partial charge in [-0.3, -0.25) is 9.48 Å². The van der Waals surface area contributed by atoms with Crippen molar-refractivity contribution in [1.29, 1.82) is 5.26 Å². The molecular weight excluding hydrogens is 318 g/mol. The Bertz CT molecular complexity index is 808. The highest BCUT2D eigenvalue weighted by molar-refractivity contribution is 5.94. The molecule has 2 heterocycles. The summed E-state index contributed by atoms with van der Waals surface area (Å²) < 4.78 is 7.82. The smallest absolute Gasteiger partial charge is 0.270 e. The van der Waals surface area contributed by atoms with Gasteiger partial charge in [0.15, 0.2) is 5.75 Å². The Morgan fingerprint density at radius 1 is 1.48 bits per heavy atom. The van der Waals surface area contributed by atoms with Crippen LogP contribution in [0.15, 0.2) is 24.7 Å². The van der Waals surface area contributed by atoms with Crippen molar-refractivity contribution in [1.82, 2.24) is 20.1 Å². The van der Waals surface area contributed by atoms with Gasteiger partial charge in [-0.2, -0.15) is 10.4 Å². The number of carbonyl (C=O) groups excluding carboxylic acids is 1. The molecule has 0 spiro atoms. The SMILES string of the molecule is CCn1cc(O[C@@H]2CCC[C@@H]2NC(=O)c2ncc(C#N)cc2C)cn1. The normalized spacial score (nSPS) is 19.4. The lowest BCUT2D eigenvalue weighted by atomic mass is 10.1. The fraction of sp³-hybridized carbons (Fsp3) is 0.444. The summed E-state index contributed by atoms with van der Waals surface area (Å²) in [4.78, 5) is 16.7. The van der Waals surface area contributed by atoms with E-state index in [0.717, 1.165) is 31.6 Å². The molecule has 1 aliphatic carbocycles. The van der Waals surface area contributed by atoms with E-state index in [1.165, 1.54) is 6.20 Å². The molecule has 2 atom stereocenters. The van der Waals surface area contributed by atoms with Crippen LogP contribution in [-0.2, 0) is 6.54 Å². The Hall–Kier alpha value is -2.88. The molecule has 2 aromatic rings. The number of aryl methyl sites for hydroxylation is 2. The van der Waals surface area contributed by atoms with Crippen LogP contribution in [0.25, 0.3) is 0 Å². The van der Waals surface area contributed by atoms with Crippen LogP contribution in [-0.4, -0.2) is 32.8 Å². The van der Waals surface area contributed by atoms with Crippen LogP contribution in [0.4, 0.5) is 0 Å². The molecule has 7 heteroatoms. The van der Waals surface area contributed by atoms with Gasteiger partial charge in [-0.05, 0) is 44.7 Å². The van der Waals surface area contributed by atoms with Crippen LogP contribution in [0.1, 0.15) is 47.8 Å². The summed E-state index contributed by atoms with van der Waals surface area (Å²) in [6, 6.07) is 3.64. The van der Waals surface area contributed by atoms with Gasteiger partial charge in [0.25, 0.3) is 5.91 Å². The first-order valence-corrected chi connectivity index (χ1v) is 8.47. The van der Waals surface area contributed by atoms with Crippen LogP contribution < -0.4 is 10.1 Å². The Balaban J connectivity index is 1.66. The maximum absolute atomic E-state index is 12.5. The van der Waals surface area contributed by atoms with Gasteiger partial charge in [0.05, 0.1) is 24.0 Å². The van der Waals surface area contributed by atoms with E-state index >= 15 is 0 Å². The molecule has 0 unspecified atom stereocenters. The van der Waals surface area contributed by atoms with Crippen molar-refractivity contribution in [2.75, 3.05) is 0 Å². The van der Waals surface area contributed by atoms with Gasteiger partial charge < -0.3 is 10.1 Å². The lowest BCUT2D eigenvalue weighted by molar-refractivity contribution is 0.0888. The van der Waals surface area contributed by atoms with E-state index in [1.807, 2.05) is 23.9 Å². The second-order valence-electron chi connectivity index (χ2n) is 6.20. The Kier molecular flexibility index (Phi) is 4.98. The van der Waals surface area contributed by atoms with Crippen molar-refractivity contribution in [3.63, 3.8) is 0 Å². The van der Waals surface area contributed by atoms with Gasteiger partial charge in [-0.25, -0.2) is 4.98 Å². The number of hydrogen-bond acceptors (Lipinski definition) is 5. The highest BCUT2D eigenvalue weighted by Gasteiger charge is 2.31. The Morgan fingerprint density at radius 2 is 2.32 bits per heavy atom. The van der Waals surface area contributed by atoms with E-state index in [4.69, 9.17) is 10.00 Å². The van der Waals surface area contributed by atoms with E-state index < -0.39 is 0 Å². The number of amides is 1. The van der Waals surface area contributed by atoms with Crippen molar-refractivity contribution in [3.8, 4) is 11.8 Å².